The number of carbonyl (C=O) groups excluding carboxylic acids is 1. The number of aromatic hydroxyl groups is 2. The van der Waals surface area contributed by atoms with Gasteiger partial charge in [0.05, 0.1) is 0 Å². The molecule has 1 aromatic rings. The van der Waals surface area contributed by atoms with Gasteiger partial charge in [0.1, 0.15) is 0 Å². The van der Waals surface area contributed by atoms with Crippen molar-refractivity contribution in [2.24, 2.45) is 11.8 Å². The van der Waals surface area contributed by atoms with Crippen molar-refractivity contribution in [1.29, 1.82) is 0 Å². The van der Waals surface area contributed by atoms with Gasteiger partial charge in [0.15, 0.2) is 11.5 Å². The highest BCUT2D eigenvalue weighted by Gasteiger charge is 2.32. The van der Waals surface area contributed by atoms with Crippen molar-refractivity contribution in [2.75, 3.05) is 6.54 Å². The first-order valence-corrected chi connectivity index (χ1v) is 6.73. The third kappa shape index (κ3) is 2.67. The van der Waals surface area contributed by atoms with Crippen LogP contribution in [0.1, 0.15) is 37.6 Å². The molecule has 1 amide bonds. The number of amides is 1. The van der Waals surface area contributed by atoms with Gasteiger partial charge in [0.2, 0.25) is 0 Å². The molecule has 0 aromatic heterocycles. The molecule has 19 heavy (non-hydrogen) atoms. The van der Waals surface area contributed by atoms with Crippen LogP contribution in [0.2, 0.25) is 0 Å². The van der Waals surface area contributed by atoms with Crippen LogP contribution in [0.15, 0.2) is 18.2 Å². The van der Waals surface area contributed by atoms with Crippen molar-refractivity contribution >= 4 is 5.91 Å². The summed E-state index contributed by atoms with van der Waals surface area (Å²) in [6.07, 6.45) is 1.13. The summed E-state index contributed by atoms with van der Waals surface area (Å²) >= 11 is 0. The van der Waals surface area contributed by atoms with Crippen LogP contribution in [0.25, 0.3) is 0 Å². The number of phenolic OH excluding ortho intramolecular Hbond substituents is 2. The Morgan fingerprint density at radius 2 is 1.89 bits per heavy atom. The number of hydrogen-bond acceptors (Lipinski definition) is 3. The molecule has 4 heteroatoms. The highest BCUT2D eigenvalue weighted by molar-refractivity contribution is 5.95. The maximum atomic E-state index is 12.5. The summed E-state index contributed by atoms with van der Waals surface area (Å²) in [5, 5.41) is 18.8. The zero-order valence-corrected chi connectivity index (χ0v) is 11.6. The van der Waals surface area contributed by atoms with Crippen molar-refractivity contribution in [3.63, 3.8) is 0 Å². The molecule has 0 saturated carbocycles. The molecule has 1 fully saturated rings. The van der Waals surface area contributed by atoms with Crippen LogP contribution >= 0.6 is 0 Å². The van der Waals surface area contributed by atoms with E-state index in [1.54, 1.807) is 6.07 Å². The van der Waals surface area contributed by atoms with Gasteiger partial charge in [-0.2, -0.15) is 0 Å². The Morgan fingerprint density at radius 3 is 2.53 bits per heavy atom. The highest BCUT2D eigenvalue weighted by Crippen LogP contribution is 2.30. The first-order valence-electron chi connectivity index (χ1n) is 6.73. The second kappa shape index (κ2) is 5.11. The predicted molar refractivity (Wildman–Crippen MR) is 73.2 cm³/mol. The van der Waals surface area contributed by atoms with Gasteiger partial charge in [-0.05, 0) is 43.4 Å². The largest absolute Gasteiger partial charge is 0.504 e. The molecule has 104 valence electrons. The first-order chi connectivity index (χ1) is 8.90. The van der Waals surface area contributed by atoms with Crippen LogP contribution in [-0.2, 0) is 0 Å². The summed E-state index contributed by atoms with van der Waals surface area (Å²) in [7, 11) is 0. The Bertz CT molecular complexity index is 486. The number of phenols is 2. The Hall–Kier alpha value is -1.71. The van der Waals surface area contributed by atoms with Crippen molar-refractivity contribution in [3.05, 3.63) is 23.8 Å². The minimum atomic E-state index is -0.253. The van der Waals surface area contributed by atoms with E-state index in [4.69, 9.17) is 0 Å². The molecule has 2 N–H and O–H groups in total. The number of carbonyl (C=O) groups is 1. The fourth-order valence-electron chi connectivity index (χ4n) is 2.81. The minimum absolute atomic E-state index is 0.0822. The van der Waals surface area contributed by atoms with E-state index in [9.17, 15) is 15.0 Å². The molecule has 1 heterocycles. The summed E-state index contributed by atoms with van der Waals surface area (Å²) in [5.41, 5.74) is 0.420. The van der Waals surface area contributed by atoms with E-state index in [2.05, 4.69) is 20.8 Å². The van der Waals surface area contributed by atoms with Crippen LogP contribution < -0.4 is 0 Å². The van der Waals surface area contributed by atoms with E-state index in [0.717, 1.165) is 13.0 Å². The second-order valence-electron chi connectivity index (χ2n) is 5.72. The molecular formula is C15H21NO3. The van der Waals surface area contributed by atoms with Gasteiger partial charge in [0.25, 0.3) is 5.91 Å². The lowest BCUT2D eigenvalue weighted by molar-refractivity contribution is 0.0455. The quantitative estimate of drug-likeness (QED) is 0.766. The SMILES string of the molecule is CC1CC(C)C(C)N(C(=O)c2ccc(O)c(O)c2)C1. The molecule has 1 aliphatic rings. The van der Waals surface area contributed by atoms with Crippen LogP contribution in [0, 0.1) is 11.8 Å². The molecule has 1 aromatic carbocycles. The van der Waals surface area contributed by atoms with Crippen LogP contribution in [0.4, 0.5) is 0 Å². The highest BCUT2D eigenvalue weighted by atomic mass is 16.3. The fourth-order valence-corrected chi connectivity index (χ4v) is 2.81. The smallest absolute Gasteiger partial charge is 0.254 e. The van der Waals surface area contributed by atoms with Crippen LogP contribution in [0.3, 0.4) is 0 Å². The van der Waals surface area contributed by atoms with E-state index >= 15 is 0 Å². The standard InChI is InChI=1S/C15H21NO3/c1-9-6-10(2)11(3)16(8-9)15(19)12-4-5-13(17)14(18)7-12/h4-5,7,9-11,17-18H,6,8H2,1-3H3. The van der Waals surface area contributed by atoms with Gasteiger partial charge in [-0.25, -0.2) is 0 Å². The molecule has 0 spiro atoms. The number of rotatable bonds is 1. The van der Waals surface area contributed by atoms with Gasteiger partial charge in [0, 0.05) is 18.2 Å². The number of piperidine rings is 1. The number of nitrogens with zero attached hydrogens (tertiary/aromatic N) is 1. The number of likely N-dealkylation sites (tertiary alicyclic amines) is 1. The van der Waals surface area contributed by atoms with Crippen molar-refractivity contribution < 1.29 is 15.0 Å². The van der Waals surface area contributed by atoms with Crippen molar-refractivity contribution in [1.82, 2.24) is 4.90 Å². The van der Waals surface area contributed by atoms with Crippen molar-refractivity contribution in [3.8, 4) is 11.5 Å². The first kappa shape index (κ1) is 13.7. The molecular weight excluding hydrogens is 242 g/mol. The Balaban J connectivity index is 2.24. The lowest BCUT2D eigenvalue weighted by atomic mass is 9.85. The zero-order valence-electron chi connectivity index (χ0n) is 11.6. The third-order valence-electron chi connectivity index (χ3n) is 4.08. The molecule has 1 aliphatic heterocycles. The van der Waals surface area contributed by atoms with Gasteiger partial charge in [-0.3, -0.25) is 4.79 Å². The van der Waals surface area contributed by atoms with E-state index in [1.165, 1.54) is 12.1 Å². The average Bonchev–Trinajstić information content (AvgIpc) is 2.36. The molecule has 1 saturated heterocycles. The van der Waals surface area contributed by atoms with Gasteiger partial charge in [-0.15, -0.1) is 0 Å². The fraction of sp³-hybridized carbons (Fsp3) is 0.533. The van der Waals surface area contributed by atoms with E-state index in [0.29, 0.717) is 17.4 Å². The molecule has 4 nitrogen and oxygen atoms in total. The maximum Gasteiger partial charge on any atom is 0.254 e. The van der Waals surface area contributed by atoms with Gasteiger partial charge < -0.3 is 15.1 Å². The van der Waals surface area contributed by atoms with E-state index in [1.807, 2.05) is 4.90 Å². The lowest BCUT2D eigenvalue weighted by Crippen LogP contribution is -2.48. The summed E-state index contributed by atoms with van der Waals surface area (Å²) in [5.74, 6) is 0.419. The Morgan fingerprint density at radius 1 is 1.21 bits per heavy atom. The Kier molecular flexibility index (Phi) is 3.69. The van der Waals surface area contributed by atoms with E-state index in [-0.39, 0.29) is 23.4 Å². The Labute approximate surface area is 113 Å². The molecule has 0 radical (unpaired) electrons. The van der Waals surface area contributed by atoms with Crippen LogP contribution in [0.5, 0.6) is 11.5 Å². The molecule has 3 unspecified atom stereocenters. The molecule has 2 rings (SSSR count). The van der Waals surface area contributed by atoms with Gasteiger partial charge >= 0.3 is 0 Å². The van der Waals surface area contributed by atoms with Crippen molar-refractivity contribution in [2.45, 2.75) is 33.2 Å². The number of benzene rings is 1. The molecule has 0 aliphatic carbocycles. The molecule has 0 bridgehead atoms. The maximum absolute atomic E-state index is 12.5. The van der Waals surface area contributed by atoms with E-state index < -0.39 is 0 Å². The minimum Gasteiger partial charge on any atom is -0.504 e. The number of hydrogen-bond donors (Lipinski definition) is 2. The summed E-state index contributed by atoms with van der Waals surface area (Å²) < 4.78 is 0. The third-order valence-corrected chi connectivity index (χ3v) is 4.08. The summed E-state index contributed by atoms with van der Waals surface area (Å²) in [4.78, 5) is 14.4. The lowest BCUT2D eigenvalue weighted by Gasteiger charge is -2.41. The zero-order chi connectivity index (χ0) is 14.2. The second-order valence-corrected chi connectivity index (χ2v) is 5.72. The van der Waals surface area contributed by atoms with Crippen LogP contribution in [-0.4, -0.2) is 33.6 Å². The summed E-state index contributed by atoms with van der Waals surface area (Å²) in [6.45, 7) is 7.12. The summed E-state index contributed by atoms with van der Waals surface area (Å²) in [6, 6.07) is 4.42. The van der Waals surface area contributed by atoms with Gasteiger partial charge in [-0.1, -0.05) is 13.8 Å². The normalized spacial score (nSPS) is 27.3. The average molecular weight is 263 g/mol. The monoisotopic (exact) mass is 263 g/mol. The molecule has 3 atom stereocenters. The predicted octanol–water partition coefficient (Wildman–Crippen LogP) is 2.60. The topological polar surface area (TPSA) is 60.8 Å².